The van der Waals surface area contributed by atoms with Gasteiger partial charge in [-0.05, 0) is 61.7 Å². The lowest BCUT2D eigenvalue weighted by Gasteiger charge is -2.11. The van der Waals surface area contributed by atoms with Crippen molar-refractivity contribution in [2.24, 2.45) is 0 Å². The number of aromatic nitrogens is 2. The van der Waals surface area contributed by atoms with Crippen LogP contribution in [0.25, 0.3) is 11.0 Å². The largest absolute Gasteiger partial charge is 0.492 e. The molecule has 1 aromatic heterocycles. The molecule has 3 aromatic rings. The molecular formula is C20H24N2O2. The third-order valence-electron chi connectivity index (χ3n) is 4.35. The molecule has 0 saturated heterocycles. The molecule has 24 heavy (non-hydrogen) atoms. The minimum atomic E-state index is 0.0972. The van der Waals surface area contributed by atoms with Gasteiger partial charge < -0.3 is 14.4 Å². The second-order valence-corrected chi connectivity index (χ2v) is 6.24. The summed E-state index contributed by atoms with van der Waals surface area (Å²) in [6, 6.07) is 12.4. The van der Waals surface area contributed by atoms with Gasteiger partial charge in [0.05, 0.1) is 24.2 Å². The summed E-state index contributed by atoms with van der Waals surface area (Å²) in [6.07, 6.45) is 0.553. The molecule has 0 saturated carbocycles. The van der Waals surface area contributed by atoms with Gasteiger partial charge in [0.2, 0.25) is 0 Å². The van der Waals surface area contributed by atoms with Crippen LogP contribution in [0.2, 0.25) is 0 Å². The second-order valence-electron chi connectivity index (χ2n) is 6.24. The quantitative estimate of drug-likeness (QED) is 0.754. The van der Waals surface area contributed by atoms with Crippen molar-refractivity contribution in [3.05, 3.63) is 58.9 Å². The minimum Gasteiger partial charge on any atom is -0.492 e. The van der Waals surface area contributed by atoms with E-state index in [1.807, 2.05) is 18.2 Å². The summed E-state index contributed by atoms with van der Waals surface area (Å²) in [5.41, 5.74) is 5.76. The number of aliphatic hydroxyl groups excluding tert-OH is 1. The maximum atomic E-state index is 9.33. The van der Waals surface area contributed by atoms with Gasteiger partial charge >= 0.3 is 0 Å². The van der Waals surface area contributed by atoms with Gasteiger partial charge in [-0.2, -0.15) is 0 Å². The average molecular weight is 324 g/mol. The number of ether oxygens (including phenoxy) is 1. The third-order valence-corrected chi connectivity index (χ3v) is 4.35. The van der Waals surface area contributed by atoms with E-state index in [-0.39, 0.29) is 6.61 Å². The lowest BCUT2D eigenvalue weighted by Crippen LogP contribution is -2.12. The molecule has 0 aliphatic rings. The predicted molar refractivity (Wildman–Crippen MR) is 96.7 cm³/mol. The number of nitrogens with zero attached hydrogens (tertiary/aromatic N) is 2. The predicted octanol–water partition coefficient (Wildman–Crippen LogP) is 3.58. The van der Waals surface area contributed by atoms with Gasteiger partial charge in [-0.3, -0.25) is 0 Å². The molecule has 1 heterocycles. The Labute approximate surface area is 142 Å². The Morgan fingerprint density at radius 3 is 2.62 bits per heavy atom. The van der Waals surface area contributed by atoms with Crippen molar-refractivity contribution in [2.75, 3.05) is 13.2 Å². The molecule has 0 radical (unpaired) electrons. The monoisotopic (exact) mass is 324 g/mol. The highest BCUT2D eigenvalue weighted by molar-refractivity contribution is 5.78. The highest BCUT2D eigenvalue weighted by atomic mass is 16.5. The van der Waals surface area contributed by atoms with E-state index in [0.717, 1.165) is 22.6 Å². The summed E-state index contributed by atoms with van der Waals surface area (Å²) < 4.78 is 8.05. The van der Waals surface area contributed by atoms with Gasteiger partial charge in [-0.15, -0.1) is 0 Å². The zero-order valence-corrected chi connectivity index (χ0v) is 14.5. The third kappa shape index (κ3) is 3.44. The van der Waals surface area contributed by atoms with Crippen LogP contribution in [-0.4, -0.2) is 27.9 Å². The highest BCUT2D eigenvalue weighted by Gasteiger charge is 2.12. The van der Waals surface area contributed by atoms with Crippen LogP contribution < -0.4 is 4.74 Å². The maximum Gasteiger partial charge on any atom is 0.119 e. The molecule has 0 spiro atoms. The smallest absolute Gasteiger partial charge is 0.119 e. The Morgan fingerprint density at radius 2 is 1.88 bits per heavy atom. The van der Waals surface area contributed by atoms with E-state index in [9.17, 15) is 5.11 Å². The topological polar surface area (TPSA) is 47.3 Å². The Bertz CT molecular complexity index is 852. The standard InChI is InChI=1S/C20H24N2O2/c1-14-5-4-6-17(11-14)24-10-8-22-19-13-16(3)15(2)12-18(19)21-20(22)7-9-23/h4-6,11-13,23H,7-10H2,1-3H3. The zero-order valence-electron chi connectivity index (χ0n) is 14.5. The molecule has 0 amide bonds. The Balaban J connectivity index is 1.84. The number of fused-ring (bicyclic) bond motifs is 1. The van der Waals surface area contributed by atoms with Gasteiger partial charge in [0.15, 0.2) is 0 Å². The van der Waals surface area contributed by atoms with Crippen LogP contribution >= 0.6 is 0 Å². The zero-order chi connectivity index (χ0) is 17.1. The van der Waals surface area contributed by atoms with Crippen LogP contribution in [0.3, 0.4) is 0 Å². The lowest BCUT2D eigenvalue weighted by molar-refractivity contribution is 0.283. The molecule has 0 aliphatic carbocycles. The number of imidazole rings is 1. The van der Waals surface area contributed by atoms with E-state index in [1.165, 1.54) is 16.7 Å². The molecule has 0 aliphatic heterocycles. The van der Waals surface area contributed by atoms with Crippen molar-refractivity contribution >= 4 is 11.0 Å². The van der Waals surface area contributed by atoms with E-state index in [4.69, 9.17) is 9.72 Å². The molecule has 0 unspecified atom stereocenters. The van der Waals surface area contributed by atoms with Crippen molar-refractivity contribution in [2.45, 2.75) is 33.7 Å². The normalized spacial score (nSPS) is 11.2. The Kier molecular flexibility index (Phi) is 4.86. The number of aryl methyl sites for hydroxylation is 3. The maximum absolute atomic E-state index is 9.33. The molecule has 0 bridgehead atoms. The molecule has 4 heteroatoms. The van der Waals surface area contributed by atoms with Crippen molar-refractivity contribution < 1.29 is 9.84 Å². The molecule has 3 rings (SSSR count). The number of rotatable bonds is 6. The molecule has 0 atom stereocenters. The summed E-state index contributed by atoms with van der Waals surface area (Å²) in [6.45, 7) is 7.64. The fourth-order valence-corrected chi connectivity index (χ4v) is 2.93. The van der Waals surface area contributed by atoms with Crippen LogP contribution in [0.4, 0.5) is 0 Å². The second kappa shape index (κ2) is 7.05. The van der Waals surface area contributed by atoms with Gasteiger partial charge in [-0.25, -0.2) is 4.98 Å². The van der Waals surface area contributed by atoms with Crippen LogP contribution in [0.1, 0.15) is 22.5 Å². The van der Waals surface area contributed by atoms with Crippen LogP contribution in [-0.2, 0) is 13.0 Å². The first-order chi connectivity index (χ1) is 11.6. The van der Waals surface area contributed by atoms with Crippen LogP contribution in [0.5, 0.6) is 5.75 Å². The van der Waals surface area contributed by atoms with E-state index in [0.29, 0.717) is 19.6 Å². The first-order valence-corrected chi connectivity index (χ1v) is 8.35. The molecule has 4 nitrogen and oxygen atoms in total. The van der Waals surface area contributed by atoms with Gasteiger partial charge in [0.25, 0.3) is 0 Å². The lowest BCUT2D eigenvalue weighted by atomic mass is 10.1. The SMILES string of the molecule is Cc1cccc(OCCn2c(CCO)nc3cc(C)c(C)cc32)c1. The van der Waals surface area contributed by atoms with Crippen molar-refractivity contribution in [3.63, 3.8) is 0 Å². The van der Waals surface area contributed by atoms with Crippen LogP contribution in [0.15, 0.2) is 36.4 Å². The van der Waals surface area contributed by atoms with Crippen molar-refractivity contribution in [3.8, 4) is 5.75 Å². The van der Waals surface area contributed by atoms with Crippen molar-refractivity contribution in [1.82, 2.24) is 9.55 Å². The average Bonchev–Trinajstić information content (AvgIpc) is 2.85. The molecule has 126 valence electrons. The Hall–Kier alpha value is -2.33. The highest BCUT2D eigenvalue weighted by Crippen LogP contribution is 2.21. The molecular weight excluding hydrogens is 300 g/mol. The van der Waals surface area contributed by atoms with E-state index in [1.54, 1.807) is 0 Å². The molecule has 2 aromatic carbocycles. The summed E-state index contributed by atoms with van der Waals surface area (Å²) in [5.74, 6) is 1.79. The first-order valence-electron chi connectivity index (χ1n) is 8.35. The summed E-state index contributed by atoms with van der Waals surface area (Å²) in [7, 11) is 0. The van der Waals surface area contributed by atoms with Crippen molar-refractivity contribution in [1.29, 1.82) is 0 Å². The first kappa shape index (κ1) is 16.5. The number of aliphatic hydroxyl groups is 1. The molecule has 0 fully saturated rings. The van der Waals surface area contributed by atoms with Gasteiger partial charge in [0, 0.05) is 6.42 Å². The fraction of sp³-hybridized carbons (Fsp3) is 0.350. The van der Waals surface area contributed by atoms with Crippen LogP contribution in [0, 0.1) is 20.8 Å². The number of hydrogen-bond acceptors (Lipinski definition) is 3. The summed E-state index contributed by atoms with van der Waals surface area (Å²) >= 11 is 0. The Morgan fingerprint density at radius 1 is 1.08 bits per heavy atom. The number of hydrogen-bond donors (Lipinski definition) is 1. The van der Waals surface area contributed by atoms with E-state index >= 15 is 0 Å². The van der Waals surface area contributed by atoms with Gasteiger partial charge in [0.1, 0.15) is 18.2 Å². The van der Waals surface area contributed by atoms with E-state index < -0.39 is 0 Å². The summed E-state index contributed by atoms with van der Waals surface area (Å²) in [4.78, 5) is 4.69. The van der Waals surface area contributed by atoms with E-state index in [2.05, 4.69) is 43.5 Å². The molecule has 1 N–H and O–H groups in total. The number of benzene rings is 2. The van der Waals surface area contributed by atoms with Gasteiger partial charge in [-0.1, -0.05) is 12.1 Å². The fourth-order valence-electron chi connectivity index (χ4n) is 2.93. The minimum absolute atomic E-state index is 0.0972. The summed E-state index contributed by atoms with van der Waals surface area (Å²) in [5, 5.41) is 9.33.